The van der Waals surface area contributed by atoms with Gasteiger partial charge in [-0.2, -0.15) is 0 Å². The van der Waals surface area contributed by atoms with Gasteiger partial charge in [-0.15, -0.1) is 0 Å². The fourth-order valence-corrected chi connectivity index (χ4v) is 2.50. The van der Waals surface area contributed by atoms with Crippen molar-refractivity contribution in [3.8, 4) is 0 Å². The lowest BCUT2D eigenvalue weighted by Crippen LogP contribution is -2.27. The van der Waals surface area contributed by atoms with E-state index in [4.69, 9.17) is 10.8 Å². The first-order valence-electron chi connectivity index (χ1n) is 4.54. The smallest absolute Gasteiger partial charge is 0.240 e. The summed E-state index contributed by atoms with van der Waals surface area (Å²) < 4.78 is 38.5. The van der Waals surface area contributed by atoms with Crippen molar-refractivity contribution in [2.75, 3.05) is 18.9 Å². The predicted molar refractivity (Wildman–Crippen MR) is 57.8 cm³/mol. The van der Waals surface area contributed by atoms with Crippen molar-refractivity contribution in [1.29, 1.82) is 0 Å². The lowest BCUT2D eigenvalue weighted by Gasteiger charge is -2.09. The van der Waals surface area contributed by atoms with E-state index in [0.29, 0.717) is 0 Å². The van der Waals surface area contributed by atoms with Gasteiger partial charge in [0.1, 0.15) is 5.82 Å². The van der Waals surface area contributed by atoms with Gasteiger partial charge in [0.05, 0.1) is 17.2 Å². The molecule has 0 atom stereocenters. The number of aliphatic hydroxyl groups is 1. The van der Waals surface area contributed by atoms with Crippen LogP contribution in [0.4, 0.5) is 10.1 Å². The van der Waals surface area contributed by atoms with E-state index in [0.717, 1.165) is 12.1 Å². The number of nitrogens with two attached hydrogens (primary N) is 1. The number of anilines is 1. The molecule has 0 bridgehead atoms. The molecule has 0 aliphatic rings. The fourth-order valence-electron chi connectivity index (χ4n) is 1.22. The molecule has 16 heavy (non-hydrogen) atoms. The minimum absolute atomic E-state index is 0.0835. The molecule has 0 saturated heterocycles. The Morgan fingerprint density at radius 2 is 2.12 bits per heavy atom. The third-order valence-electron chi connectivity index (χ3n) is 1.99. The molecule has 1 aromatic rings. The molecule has 0 aliphatic carbocycles. The molecule has 0 unspecified atom stereocenters. The van der Waals surface area contributed by atoms with Crippen molar-refractivity contribution < 1.29 is 17.9 Å². The Kier molecular flexibility index (Phi) is 3.84. The van der Waals surface area contributed by atoms with Crippen molar-refractivity contribution in [3.63, 3.8) is 0 Å². The number of hydrogen-bond acceptors (Lipinski definition) is 4. The largest absolute Gasteiger partial charge is 0.396 e. The molecular weight excluding hydrogens is 235 g/mol. The number of benzene rings is 1. The molecule has 0 saturated carbocycles. The van der Waals surface area contributed by atoms with Crippen LogP contribution >= 0.6 is 0 Å². The maximum atomic E-state index is 13.0. The Morgan fingerprint density at radius 1 is 1.50 bits per heavy atom. The molecular formula is C9H13FN2O3S. The molecule has 0 aromatic heterocycles. The van der Waals surface area contributed by atoms with Gasteiger partial charge in [-0.05, 0) is 24.6 Å². The Bertz CT molecular complexity index is 488. The van der Waals surface area contributed by atoms with E-state index in [1.165, 1.54) is 6.92 Å². The average Bonchev–Trinajstić information content (AvgIpc) is 2.20. The highest BCUT2D eigenvalue weighted by Crippen LogP contribution is 2.21. The average molecular weight is 248 g/mol. The van der Waals surface area contributed by atoms with Gasteiger partial charge in [-0.25, -0.2) is 17.5 Å². The summed E-state index contributed by atoms with van der Waals surface area (Å²) in [5.41, 5.74) is 5.33. The molecule has 1 aromatic carbocycles. The first kappa shape index (κ1) is 12.9. The highest BCUT2D eigenvalue weighted by Gasteiger charge is 2.18. The van der Waals surface area contributed by atoms with Crippen LogP contribution in [0.5, 0.6) is 0 Å². The van der Waals surface area contributed by atoms with E-state index < -0.39 is 15.8 Å². The van der Waals surface area contributed by atoms with Gasteiger partial charge >= 0.3 is 0 Å². The second-order valence-corrected chi connectivity index (χ2v) is 5.00. The zero-order valence-electron chi connectivity index (χ0n) is 8.70. The topological polar surface area (TPSA) is 92.4 Å². The molecule has 4 N–H and O–H groups in total. The third-order valence-corrected chi connectivity index (χ3v) is 3.59. The first-order valence-corrected chi connectivity index (χ1v) is 6.03. The van der Waals surface area contributed by atoms with Gasteiger partial charge in [0.25, 0.3) is 0 Å². The molecule has 0 spiro atoms. The Morgan fingerprint density at radius 3 is 2.69 bits per heavy atom. The minimum atomic E-state index is -3.75. The molecule has 1 rings (SSSR count). The number of nitrogens with one attached hydrogen (secondary N) is 1. The van der Waals surface area contributed by atoms with Crippen LogP contribution in [0, 0.1) is 12.7 Å². The zero-order valence-corrected chi connectivity index (χ0v) is 9.51. The van der Waals surface area contributed by atoms with E-state index >= 15 is 0 Å². The van der Waals surface area contributed by atoms with Crippen LogP contribution in [0.25, 0.3) is 0 Å². The van der Waals surface area contributed by atoms with Gasteiger partial charge in [-0.1, -0.05) is 0 Å². The van der Waals surface area contributed by atoms with Crippen molar-refractivity contribution in [2.45, 2.75) is 11.8 Å². The van der Waals surface area contributed by atoms with Crippen molar-refractivity contribution in [1.82, 2.24) is 4.72 Å². The number of sulfonamides is 1. The monoisotopic (exact) mass is 248 g/mol. The first-order chi connectivity index (χ1) is 7.38. The number of nitrogen functional groups attached to an aromatic ring is 1. The SMILES string of the molecule is Cc1cc(F)c(N)cc1S(=O)(=O)NCCO. The predicted octanol–water partition coefficient (Wildman–Crippen LogP) is -0.0131. The summed E-state index contributed by atoms with van der Waals surface area (Å²) in [5, 5.41) is 8.53. The molecule has 0 radical (unpaired) electrons. The summed E-state index contributed by atoms with van der Waals surface area (Å²) in [4.78, 5) is -0.0835. The molecule has 90 valence electrons. The van der Waals surface area contributed by atoms with Gasteiger partial charge in [0, 0.05) is 6.54 Å². The van der Waals surface area contributed by atoms with Crippen LogP contribution in [0.3, 0.4) is 0 Å². The Hall–Kier alpha value is -1.18. The van der Waals surface area contributed by atoms with E-state index in [-0.39, 0.29) is 29.3 Å². The van der Waals surface area contributed by atoms with Crippen LogP contribution < -0.4 is 10.5 Å². The van der Waals surface area contributed by atoms with Crippen LogP contribution in [0.1, 0.15) is 5.56 Å². The van der Waals surface area contributed by atoms with Gasteiger partial charge in [0.15, 0.2) is 0 Å². The Balaban J connectivity index is 3.18. The summed E-state index contributed by atoms with van der Waals surface area (Å²) >= 11 is 0. The van der Waals surface area contributed by atoms with Crippen LogP contribution in [-0.4, -0.2) is 26.7 Å². The number of aryl methyl sites for hydroxylation is 1. The van der Waals surface area contributed by atoms with E-state index in [1.54, 1.807) is 0 Å². The van der Waals surface area contributed by atoms with Crippen LogP contribution in [0.15, 0.2) is 17.0 Å². The van der Waals surface area contributed by atoms with Crippen molar-refractivity contribution in [2.24, 2.45) is 0 Å². The van der Waals surface area contributed by atoms with Crippen molar-refractivity contribution in [3.05, 3.63) is 23.5 Å². The maximum absolute atomic E-state index is 13.0. The summed E-state index contributed by atoms with van der Waals surface area (Å²) in [6.07, 6.45) is 0. The van der Waals surface area contributed by atoms with Crippen molar-refractivity contribution >= 4 is 15.7 Å². The van der Waals surface area contributed by atoms with E-state index in [1.807, 2.05) is 0 Å². The number of halogens is 1. The summed E-state index contributed by atoms with van der Waals surface area (Å²) in [5.74, 6) is -0.654. The second-order valence-electron chi connectivity index (χ2n) is 3.26. The quantitative estimate of drug-likeness (QED) is 0.653. The molecule has 5 nitrogen and oxygen atoms in total. The number of rotatable bonds is 4. The molecule has 0 heterocycles. The standard InChI is InChI=1S/C9H13FN2O3S/c1-6-4-7(10)8(11)5-9(6)16(14,15)12-2-3-13/h4-5,12-13H,2-3,11H2,1H3. The third kappa shape index (κ3) is 2.69. The number of hydrogen-bond donors (Lipinski definition) is 3. The second kappa shape index (κ2) is 4.77. The fraction of sp³-hybridized carbons (Fsp3) is 0.333. The molecule has 0 amide bonds. The van der Waals surface area contributed by atoms with Gasteiger partial charge in [0.2, 0.25) is 10.0 Å². The normalized spacial score (nSPS) is 11.7. The summed E-state index contributed by atoms with van der Waals surface area (Å²) in [6, 6.07) is 2.12. The molecule has 0 fully saturated rings. The van der Waals surface area contributed by atoms with Crippen LogP contribution in [-0.2, 0) is 10.0 Å². The molecule has 0 aliphatic heterocycles. The molecule has 7 heteroatoms. The van der Waals surface area contributed by atoms with Gasteiger partial charge in [-0.3, -0.25) is 0 Å². The highest BCUT2D eigenvalue weighted by atomic mass is 32.2. The van der Waals surface area contributed by atoms with Gasteiger partial charge < -0.3 is 10.8 Å². The maximum Gasteiger partial charge on any atom is 0.240 e. The number of aliphatic hydroxyl groups excluding tert-OH is 1. The van der Waals surface area contributed by atoms with E-state index in [2.05, 4.69) is 4.72 Å². The minimum Gasteiger partial charge on any atom is -0.396 e. The van der Waals surface area contributed by atoms with E-state index in [9.17, 15) is 12.8 Å². The summed E-state index contributed by atoms with van der Waals surface area (Å²) in [6.45, 7) is 1.06. The van der Waals surface area contributed by atoms with Crippen LogP contribution in [0.2, 0.25) is 0 Å². The Labute approximate surface area is 93.1 Å². The lowest BCUT2D eigenvalue weighted by atomic mass is 10.2. The summed E-state index contributed by atoms with van der Waals surface area (Å²) in [7, 11) is -3.75. The lowest BCUT2D eigenvalue weighted by molar-refractivity contribution is 0.301. The highest BCUT2D eigenvalue weighted by molar-refractivity contribution is 7.89. The zero-order chi connectivity index (χ0) is 12.3.